The van der Waals surface area contributed by atoms with Gasteiger partial charge in [-0.3, -0.25) is 14.5 Å². The van der Waals surface area contributed by atoms with Gasteiger partial charge in [0, 0.05) is 23.5 Å². The Morgan fingerprint density at radius 1 is 1.43 bits per heavy atom. The molecule has 0 saturated carbocycles. The molecule has 2 atom stereocenters. The van der Waals surface area contributed by atoms with Gasteiger partial charge in [-0.1, -0.05) is 40.1 Å². The highest BCUT2D eigenvalue weighted by Gasteiger charge is 2.53. The van der Waals surface area contributed by atoms with Gasteiger partial charge in [0.15, 0.2) is 36.4 Å². The van der Waals surface area contributed by atoms with Crippen molar-refractivity contribution in [1.29, 1.82) is 0 Å². The molecule has 3 N–H and O–H groups in total. The Bertz CT molecular complexity index is 1290. The molecule has 2 aromatic rings. The van der Waals surface area contributed by atoms with Crippen molar-refractivity contribution in [2.24, 2.45) is 5.16 Å². The summed E-state index contributed by atoms with van der Waals surface area (Å²) in [5, 5.41) is 17.7. The number of terminal acetylenes is 1. The summed E-state index contributed by atoms with van der Waals surface area (Å²) >= 11 is 8.37. The minimum Gasteiger partial charge on any atom is -0.543 e. The molecule has 4 heterocycles. The second-order valence-electron chi connectivity index (χ2n) is 7.24. The van der Waals surface area contributed by atoms with E-state index < -0.39 is 29.2 Å². The van der Waals surface area contributed by atoms with Gasteiger partial charge in [0.2, 0.25) is 0 Å². The molecule has 0 bridgehead atoms. The van der Waals surface area contributed by atoms with Crippen LogP contribution in [0.1, 0.15) is 5.69 Å². The minimum atomic E-state index is -1.46. The number of carbonyl (C=O) groups excluding carboxylic acids is 3. The zero-order valence-corrected chi connectivity index (χ0v) is 20.2. The maximum atomic E-state index is 13.0. The summed E-state index contributed by atoms with van der Waals surface area (Å²) in [5.41, 5.74) is 5.65. The van der Waals surface area contributed by atoms with Crippen LogP contribution in [0.25, 0.3) is 0 Å². The number of β-lactam (4-membered cyclic amide) rings is 1. The average Bonchev–Trinajstić information content (AvgIpc) is 3.17. The molecular weight excluding hydrogens is 516 g/mol. The number of aliphatic carboxylic acids is 1. The Balaban J connectivity index is 1.55. The number of rotatable bonds is 8. The van der Waals surface area contributed by atoms with E-state index in [0.29, 0.717) is 11.3 Å². The van der Waals surface area contributed by atoms with Gasteiger partial charge in [-0.15, -0.1) is 18.2 Å². The van der Waals surface area contributed by atoms with E-state index in [2.05, 4.69) is 21.4 Å². The lowest BCUT2D eigenvalue weighted by Gasteiger charge is -2.50. The molecule has 11 nitrogen and oxygen atoms in total. The number of aromatic nitrogens is 2. The van der Waals surface area contributed by atoms with Crippen molar-refractivity contribution < 1.29 is 28.9 Å². The summed E-state index contributed by atoms with van der Waals surface area (Å²) in [6, 6.07) is 4.45. The van der Waals surface area contributed by atoms with Crippen molar-refractivity contribution >= 4 is 63.3 Å². The number of pyridine rings is 1. The predicted octanol–water partition coefficient (Wildman–Crippen LogP) is -0.876. The molecule has 2 aliphatic rings. The Morgan fingerprint density at radius 2 is 2.17 bits per heavy atom. The number of hydrogen-bond acceptors (Lipinski definition) is 10. The van der Waals surface area contributed by atoms with E-state index in [-0.39, 0.29) is 39.7 Å². The average molecular weight is 533 g/mol. The van der Waals surface area contributed by atoms with Gasteiger partial charge in [-0.25, -0.2) is 9.55 Å². The number of fused-ring (bicyclic) bond motifs is 1. The van der Waals surface area contributed by atoms with Crippen molar-refractivity contribution in [3.05, 3.63) is 51.9 Å². The van der Waals surface area contributed by atoms with Crippen LogP contribution in [-0.2, 0) is 25.8 Å². The second kappa shape index (κ2) is 10.3. The second-order valence-corrected chi connectivity index (χ2v) is 9.98. The number of halogens is 1. The fourth-order valence-electron chi connectivity index (χ4n) is 3.55. The van der Waals surface area contributed by atoms with Gasteiger partial charge in [0.25, 0.3) is 11.8 Å². The number of nitrogen functional groups attached to an aromatic ring is 1. The highest BCUT2D eigenvalue weighted by atomic mass is 35.5. The van der Waals surface area contributed by atoms with Crippen LogP contribution in [0.4, 0.5) is 5.13 Å². The van der Waals surface area contributed by atoms with Gasteiger partial charge >= 0.3 is 0 Å². The third-order valence-electron chi connectivity index (χ3n) is 5.02. The number of carboxylic acids is 1. The summed E-state index contributed by atoms with van der Waals surface area (Å²) in [4.78, 5) is 48.0. The standard InChI is InChI=1S/C21H17ClN6O5S2/c1-2-8-33-26-13(12-16(22)35-21(23)25-12)17(29)24-14-18(30)28-15(20(31)32)11(10-34-19(14)28)9-27-6-4-3-5-7-27/h1,3-7,14,19H,8-10H2,(H3-,23,24,25,29,31,32)/b26-13+/t14?,19-/m1/s1. The van der Waals surface area contributed by atoms with Gasteiger partial charge < -0.3 is 25.8 Å². The largest absolute Gasteiger partial charge is 0.543 e. The molecule has 1 fully saturated rings. The van der Waals surface area contributed by atoms with Crippen molar-refractivity contribution in [2.45, 2.75) is 18.0 Å². The molecule has 0 aromatic carbocycles. The molecule has 1 unspecified atom stereocenters. The van der Waals surface area contributed by atoms with Crippen LogP contribution in [0.3, 0.4) is 0 Å². The third kappa shape index (κ3) is 4.95. The van der Waals surface area contributed by atoms with Gasteiger partial charge in [-0.05, 0) is 0 Å². The topological polar surface area (TPSA) is 154 Å². The lowest BCUT2D eigenvalue weighted by Crippen LogP contribution is -2.71. The first-order valence-corrected chi connectivity index (χ1v) is 12.2. The molecule has 2 amide bonds. The van der Waals surface area contributed by atoms with Gasteiger partial charge in [0.05, 0.1) is 11.7 Å². The first kappa shape index (κ1) is 24.5. The van der Waals surface area contributed by atoms with Crippen LogP contribution in [0.5, 0.6) is 0 Å². The molecule has 14 heteroatoms. The summed E-state index contributed by atoms with van der Waals surface area (Å²) in [5.74, 6) is -0.336. The molecule has 180 valence electrons. The Kier molecular flexibility index (Phi) is 7.25. The van der Waals surface area contributed by atoms with E-state index >= 15 is 0 Å². The smallest absolute Gasteiger partial charge is 0.276 e. The van der Waals surface area contributed by atoms with Crippen molar-refractivity contribution in [2.75, 3.05) is 18.1 Å². The van der Waals surface area contributed by atoms with E-state index in [9.17, 15) is 19.5 Å². The molecular formula is C21H17ClN6O5S2. The van der Waals surface area contributed by atoms with Crippen LogP contribution >= 0.6 is 34.7 Å². The lowest BCUT2D eigenvalue weighted by molar-refractivity contribution is -0.689. The number of nitrogens with one attached hydrogen (secondary N) is 1. The van der Waals surface area contributed by atoms with Crippen molar-refractivity contribution in [1.82, 2.24) is 15.2 Å². The number of nitrogens with zero attached hydrogens (tertiary/aromatic N) is 4. The number of nitrogens with two attached hydrogens (primary N) is 1. The number of carboxylic acid groups (broad SMARTS) is 1. The SMILES string of the molecule is C#CCO/N=C(/C(=O)NC1C(=O)N2C(C(=O)[O-])=C(C[n+]3ccccc3)CS[C@H]12)c1nc(N)sc1Cl. The molecule has 0 spiro atoms. The third-order valence-corrected chi connectivity index (χ3v) is 7.45. The Morgan fingerprint density at radius 3 is 2.80 bits per heavy atom. The first-order chi connectivity index (χ1) is 16.8. The fourth-order valence-corrected chi connectivity index (χ4v) is 5.82. The van der Waals surface area contributed by atoms with Crippen LogP contribution < -0.4 is 20.7 Å². The van der Waals surface area contributed by atoms with Gasteiger partial charge in [-0.2, -0.15) is 0 Å². The van der Waals surface area contributed by atoms with Crippen molar-refractivity contribution in [3.8, 4) is 12.3 Å². The Labute approximate surface area is 212 Å². The first-order valence-electron chi connectivity index (χ1n) is 10.0. The summed E-state index contributed by atoms with van der Waals surface area (Å²) in [6.45, 7) is 0.0579. The number of thiazole rings is 1. The van der Waals surface area contributed by atoms with Gasteiger partial charge in [0.1, 0.15) is 21.4 Å². The van der Waals surface area contributed by atoms with E-state index in [1.807, 2.05) is 18.2 Å². The normalized spacial score (nSPS) is 19.5. The molecule has 0 radical (unpaired) electrons. The van der Waals surface area contributed by atoms with E-state index in [0.717, 1.165) is 16.2 Å². The zero-order valence-electron chi connectivity index (χ0n) is 17.8. The number of carbonyl (C=O) groups is 3. The summed E-state index contributed by atoms with van der Waals surface area (Å²) in [6.07, 6.45) is 8.72. The monoisotopic (exact) mass is 532 g/mol. The number of thioether (sulfide) groups is 1. The molecule has 4 rings (SSSR count). The van der Waals surface area contributed by atoms with E-state index in [1.54, 1.807) is 17.0 Å². The van der Waals surface area contributed by atoms with Crippen LogP contribution in [0.15, 0.2) is 47.0 Å². The van der Waals surface area contributed by atoms with Crippen molar-refractivity contribution in [3.63, 3.8) is 0 Å². The number of amides is 2. The molecule has 2 aromatic heterocycles. The summed E-state index contributed by atoms with van der Waals surface area (Å²) in [7, 11) is 0. The summed E-state index contributed by atoms with van der Waals surface area (Å²) < 4.78 is 1.89. The minimum absolute atomic E-state index is 0.0268. The number of oxime groups is 1. The van der Waals surface area contributed by atoms with Crippen LogP contribution in [0, 0.1) is 12.3 Å². The number of anilines is 1. The maximum absolute atomic E-state index is 13.0. The molecule has 0 aliphatic carbocycles. The zero-order chi connectivity index (χ0) is 25.1. The van der Waals surface area contributed by atoms with Crippen LogP contribution in [0.2, 0.25) is 4.34 Å². The number of hydrogen-bond donors (Lipinski definition) is 2. The predicted molar refractivity (Wildman–Crippen MR) is 127 cm³/mol. The highest BCUT2D eigenvalue weighted by Crippen LogP contribution is 2.40. The highest BCUT2D eigenvalue weighted by molar-refractivity contribution is 8.00. The van der Waals surface area contributed by atoms with E-state index in [1.165, 1.54) is 11.8 Å². The molecule has 1 saturated heterocycles. The molecule has 2 aliphatic heterocycles. The van der Waals surface area contributed by atoms with E-state index in [4.69, 9.17) is 28.6 Å². The maximum Gasteiger partial charge on any atom is 0.276 e. The quantitative estimate of drug-likeness (QED) is 0.111. The van der Waals surface area contributed by atoms with Crippen LogP contribution in [-0.4, -0.2) is 57.2 Å². The fraction of sp³-hybridized carbons (Fsp3) is 0.238. The lowest BCUT2D eigenvalue weighted by atomic mass is 10.0. The Hall–Kier alpha value is -3.60. The molecule has 35 heavy (non-hydrogen) atoms.